The van der Waals surface area contributed by atoms with Crippen LogP contribution in [0, 0.1) is 5.82 Å². The number of fused-ring (bicyclic) bond motifs is 3. The van der Waals surface area contributed by atoms with Gasteiger partial charge in [0.2, 0.25) is 0 Å². The molecule has 0 aliphatic heterocycles. The van der Waals surface area contributed by atoms with Crippen LogP contribution in [0.4, 0.5) is 14.9 Å². The van der Waals surface area contributed by atoms with E-state index in [1.54, 1.807) is 6.92 Å². The number of benzene rings is 3. The number of nitrogens with one attached hydrogen (secondary N) is 2. The molecular weight excluding hydrogens is 439 g/mol. The topological polar surface area (TPSA) is 105 Å². The third-order valence-corrected chi connectivity index (χ3v) is 5.84. The van der Waals surface area contributed by atoms with Crippen LogP contribution in [0.15, 0.2) is 66.7 Å². The molecule has 174 valence electrons. The summed E-state index contributed by atoms with van der Waals surface area (Å²) in [6, 6.07) is 18.3. The smallest absolute Gasteiger partial charge is 0.411 e. The van der Waals surface area contributed by atoms with Crippen molar-refractivity contribution < 1.29 is 28.6 Å². The van der Waals surface area contributed by atoms with E-state index in [1.165, 1.54) is 12.1 Å². The average molecular weight is 462 g/mol. The number of para-hydroxylation sites is 1. The minimum absolute atomic E-state index is 0.0206. The van der Waals surface area contributed by atoms with Gasteiger partial charge >= 0.3 is 12.1 Å². The van der Waals surface area contributed by atoms with Gasteiger partial charge in [-0.1, -0.05) is 61.5 Å². The van der Waals surface area contributed by atoms with Crippen LogP contribution in [0.25, 0.3) is 11.1 Å². The van der Waals surface area contributed by atoms with Gasteiger partial charge < -0.3 is 15.2 Å². The Morgan fingerprint density at radius 1 is 0.971 bits per heavy atom. The van der Waals surface area contributed by atoms with E-state index >= 15 is 0 Å². The fourth-order valence-corrected chi connectivity index (χ4v) is 4.15. The lowest BCUT2D eigenvalue weighted by Crippen LogP contribution is -2.40. The molecule has 1 atom stereocenters. The first-order valence-corrected chi connectivity index (χ1v) is 10.8. The highest BCUT2D eigenvalue weighted by Crippen LogP contribution is 2.44. The molecule has 0 heterocycles. The first-order chi connectivity index (χ1) is 16.4. The number of carboxylic acids is 1. The summed E-state index contributed by atoms with van der Waals surface area (Å²) in [7, 11) is 0. The Morgan fingerprint density at radius 2 is 1.59 bits per heavy atom. The van der Waals surface area contributed by atoms with Gasteiger partial charge in [-0.2, -0.15) is 0 Å². The van der Waals surface area contributed by atoms with E-state index < -0.39 is 29.8 Å². The number of rotatable bonds is 7. The Morgan fingerprint density at radius 3 is 2.18 bits per heavy atom. The number of aliphatic carboxylic acids is 1. The molecule has 1 aliphatic carbocycles. The minimum atomic E-state index is -1.21. The number of hydrogen-bond donors (Lipinski definition) is 3. The summed E-state index contributed by atoms with van der Waals surface area (Å²) in [5.41, 5.74) is 3.63. The second kappa shape index (κ2) is 9.74. The lowest BCUT2D eigenvalue weighted by atomic mass is 9.98. The summed E-state index contributed by atoms with van der Waals surface area (Å²) >= 11 is 0. The van der Waals surface area contributed by atoms with Crippen molar-refractivity contribution >= 4 is 23.7 Å². The lowest BCUT2D eigenvalue weighted by molar-refractivity contribution is -0.139. The predicted molar refractivity (Wildman–Crippen MR) is 124 cm³/mol. The van der Waals surface area contributed by atoms with E-state index in [4.69, 9.17) is 4.74 Å². The normalized spacial score (nSPS) is 12.9. The second-order valence-corrected chi connectivity index (χ2v) is 7.89. The van der Waals surface area contributed by atoms with Gasteiger partial charge in [-0.3, -0.25) is 10.1 Å². The Hall–Kier alpha value is -4.20. The van der Waals surface area contributed by atoms with Gasteiger partial charge in [0.25, 0.3) is 5.91 Å². The minimum Gasteiger partial charge on any atom is -0.480 e. The fourth-order valence-electron chi connectivity index (χ4n) is 4.15. The first-order valence-electron chi connectivity index (χ1n) is 10.8. The molecule has 4 rings (SSSR count). The van der Waals surface area contributed by atoms with Crippen molar-refractivity contribution in [3.8, 4) is 11.1 Å². The number of carbonyl (C=O) groups is 3. The molecule has 1 aliphatic rings. The maximum absolute atomic E-state index is 14.5. The van der Waals surface area contributed by atoms with Gasteiger partial charge in [-0.05, 0) is 40.8 Å². The number of hydrogen-bond acceptors (Lipinski definition) is 4. The molecule has 3 aromatic rings. The summed E-state index contributed by atoms with van der Waals surface area (Å²) in [6.07, 6.45) is -0.780. The van der Waals surface area contributed by atoms with Gasteiger partial charge in [0, 0.05) is 5.92 Å². The molecule has 0 saturated carbocycles. The number of anilines is 1. The van der Waals surface area contributed by atoms with Crippen LogP contribution in [0.2, 0.25) is 0 Å². The summed E-state index contributed by atoms with van der Waals surface area (Å²) in [5, 5.41) is 13.8. The quantitative estimate of drug-likeness (QED) is 0.469. The summed E-state index contributed by atoms with van der Waals surface area (Å²) in [5.74, 6) is -3.05. The summed E-state index contributed by atoms with van der Waals surface area (Å²) in [6.45, 7) is 1.62. The van der Waals surface area contributed by atoms with E-state index in [0.29, 0.717) is 0 Å². The van der Waals surface area contributed by atoms with E-state index in [0.717, 1.165) is 28.3 Å². The van der Waals surface area contributed by atoms with Crippen LogP contribution in [0.3, 0.4) is 0 Å². The van der Waals surface area contributed by atoms with Crippen LogP contribution < -0.4 is 10.6 Å². The average Bonchev–Trinajstić information content (AvgIpc) is 3.16. The highest BCUT2D eigenvalue weighted by atomic mass is 19.1. The third kappa shape index (κ3) is 4.47. The predicted octanol–water partition coefficient (Wildman–Crippen LogP) is 4.78. The number of amides is 2. The van der Waals surface area contributed by atoms with Crippen LogP contribution in [-0.4, -0.2) is 35.7 Å². The number of halogens is 1. The van der Waals surface area contributed by atoms with Gasteiger partial charge in [0.1, 0.15) is 18.5 Å². The molecule has 3 N–H and O–H groups in total. The standard InChI is InChI=1S/C26H23FN2O5/c1-2-22(25(31)32)28-24(30)19-12-7-13-21(27)23(19)29-26(33)34-14-20-17-10-5-3-8-15(17)16-9-4-6-11-18(16)20/h3-13,20,22H,2,14H2,1H3,(H,28,30)(H,29,33)(H,31,32)/t22-/m1/s1. The van der Waals surface area contributed by atoms with Gasteiger partial charge in [-0.15, -0.1) is 0 Å². The van der Waals surface area contributed by atoms with Crippen molar-refractivity contribution in [2.75, 3.05) is 11.9 Å². The molecular formula is C26H23FN2O5. The van der Waals surface area contributed by atoms with E-state index in [-0.39, 0.29) is 30.2 Å². The Balaban J connectivity index is 1.49. The largest absolute Gasteiger partial charge is 0.480 e. The SMILES string of the molecule is CC[C@@H](NC(=O)c1cccc(F)c1NC(=O)OCC1c2ccccc2-c2ccccc21)C(=O)O. The van der Waals surface area contributed by atoms with Crippen molar-refractivity contribution in [3.63, 3.8) is 0 Å². The van der Waals surface area contributed by atoms with Crippen LogP contribution in [0.1, 0.15) is 40.7 Å². The fraction of sp³-hybridized carbons (Fsp3) is 0.192. The van der Waals surface area contributed by atoms with Crippen molar-refractivity contribution in [2.45, 2.75) is 25.3 Å². The van der Waals surface area contributed by atoms with E-state index in [9.17, 15) is 23.9 Å². The third-order valence-electron chi connectivity index (χ3n) is 5.84. The highest BCUT2D eigenvalue weighted by Gasteiger charge is 2.29. The lowest BCUT2D eigenvalue weighted by Gasteiger charge is -2.17. The first kappa shape index (κ1) is 23.0. The zero-order valence-electron chi connectivity index (χ0n) is 18.4. The van der Waals surface area contributed by atoms with Crippen molar-refractivity contribution in [1.82, 2.24) is 5.32 Å². The van der Waals surface area contributed by atoms with Crippen LogP contribution in [0.5, 0.6) is 0 Å². The Kier molecular flexibility index (Phi) is 6.58. The Labute approximate surface area is 195 Å². The molecule has 2 amide bonds. The van der Waals surface area contributed by atoms with E-state index in [1.807, 2.05) is 48.5 Å². The number of carboxylic acid groups (broad SMARTS) is 1. The van der Waals surface area contributed by atoms with Crippen molar-refractivity contribution in [2.24, 2.45) is 0 Å². The van der Waals surface area contributed by atoms with Crippen LogP contribution in [-0.2, 0) is 9.53 Å². The number of carbonyl (C=O) groups excluding carboxylic acids is 2. The van der Waals surface area contributed by atoms with E-state index in [2.05, 4.69) is 10.6 Å². The molecule has 0 fully saturated rings. The Bertz CT molecular complexity index is 1210. The molecule has 8 heteroatoms. The summed E-state index contributed by atoms with van der Waals surface area (Å²) in [4.78, 5) is 36.4. The second-order valence-electron chi connectivity index (χ2n) is 7.89. The zero-order valence-corrected chi connectivity index (χ0v) is 18.4. The molecule has 0 radical (unpaired) electrons. The maximum atomic E-state index is 14.5. The highest BCUT2D eigenvalue weighted by molar-refractivity contribution is 6.04. The monoisotopic (exact) mass is 462 g/mol. The van der Waals surface area contributed by atoms with Crippen LogP contribution >= 0.6 is 0 Å². The molecule has 34 heavy (non-hydrogen) atoms. The van der Waals surface area contributed by atoms with Gasteiger partial charge in [0.05, 0.1) is 11.3 Å². The molecule has 0 bridgehead atoms. The molecule has 0 unspecified atom stereocenters. The molecule has 7 nitrogen and oxygen atoms in total. The molecule has 3 aromatic carbocycles. The molecule has 0 aromatic heterocycles. The van der Waals surface area contributed by atoms with Crippen molar-refractivity contribution in [3.05, 3.63) is 89.2 Å². The summed E-state index contributed by atoms with van der Waals surface area (Å²) < 4.78 is 19.9. The molecule has 0 spiro atoms. The zero-order chi connectivity index (χ0) is 24.2. The van der Waals surface area contributed by atoms with Crippen molar-refractivity contribution in [1.29, 1.82) is 0 Å². The maximum Gasteiger partial charge on any atom is 0.411 e. The molecule has 0 saturated heterocycles. The van der Waals surface area contributed by atoms with Gasteiger partial charge in [-0.25, -0.2) is 14.0 Å². The van der Waals surface area contributed by atoms with Gasteiger partial charge in [0.15, 0.2) is 0 Å². The number of ether oxygens (including phenoxy) is 1.